The largest absolute Gasteiger partial charge is 0.336 e. The Bertz CT molecular complexity index is 417. The first kappa shape index (κ1) is 13.1. The zero-order valence-corrected chi connectivity index (χ0v) is 11.3. The Balaban J connectivity index is 2.10. The first-order valence-electron chi connectivity index (χ1n) is 6.75. The molecule has 2 rings (SSSR count). The van der Waals surface area contributed by atoms with E-state index in [-0.39, 0.29) is 5.91 Å². The Hall–Kier alpha value is -1.35. The minimum Gasteiger partial charge on any atom is -0.336 e. The second-order valence-electron chi connectivity index (χ2n) is 5.00. The summed E-state index contributed by atoms with van der Waals surface area (Å²) in [5.41, 5.74) is 1.93. The second-order valence-corrected chi connectivity index (χ2v) is 5.00. The summed E-state index contributed by atoms with van der Waals surface area (Å²) in [5, 5.41) is 3.17. The van der Waals surface area contributed by atoms with Crippen molar-refractivity contribution < 1.29 is 4.79 Å². The maximum Gasteiger partial charge on any atom is 0.254 e. The zero-order valence-electron chi connectivity index (χ0n) is 11.3. The number of nitrogens with one attached hydrogen (secondary N) is 1. The molecule has 1 aliphatic rings. The van der Waals surface area contributed by atoms with Crippen molar-refractivity contribution in [2.75, 3.05) is 20.1 Å². The van der Waals surface area contributed by atoms with Crippen LogP contribution in [-0.2, 0) is 0 Å². The summed E-state index contributed by atoms with van der Waals surface area (Å²) in [4.78, 5) is 14.6. The molecule has 18 heavy (non-hydrogen) atoms. The van der Waals surface area contributed by atoms with Crippen molar-refractivity contribution in [2.24, 2.45) is 0 Å². The van der Waals surface area contributed by atoms with Gasteiger partial charge >= 0.3 is 0 Å². The first-order valence-corrected chi connectivity index (χ1v) is 6.75. The molecule has 0 bridgehead atoms. The van der Waals surface area contributed by atoms with Crippen LogP contribution in [0.4, 0.5) is 0 Å². The summed E-state index contributed by atoms with van der Waals surface area (Å²) in [7, 11) is 1.96. The summed E-state index contributed by atoms with van der Waals surface area (Å²) in [6, 6.07) is 8.27. The maximum absolute atomic E-state index is 12.5. The maximum atomic E-state index is 12.5. The van der Waals surface area contributed by atoms with Gasteiger partial charge in [-0.1, -0.05) is 18.2 Å². The molecule has 0 saturated carbocycles. The van der Waals surface area contributed by atoms with Gasteiger partial charge in [-0.05, 0) is 51.4 Å². The fourth-order valence-electron chi connectivity index (χ4n) is 2.68. The number of benzene rings is 1. The van der Waals surface area contributed by atoms with Crippen LogP contribution in [0.3, 0.4) is 0 Å². The molecule has 1 aromatic rings. The Labute approximate surface area is 109 Å². The van der Waals surface area contributed by atoms with Crippen LogP contribution in [0, 0.1) is 6.92 Å². The van der Waals surface area contributed by atoms with Crippen molar-refractivity contribution >= 4 is 5.91 Å². The molecule has 1 saturated heterocycles. The van der Waals surface area contributed by atoms with E-state index in [4.69, 9.17) is 0 Å². The smallest absolute Gasteiger partial charge is 0.254 e. The summed E-state index contributed by atoms with van der Waals surface area (Å²) in [6.45, 7) is 3.88. The molecule has 98 valence electrons. The zero-order chi connectivity index (χ0) is 13.0. The van der Waals surface area contributed by atoms with E-state index in [1.54, 1.807) is 0 Å². The summed E-state index contributed by atoms with van der Waals surface area (Å²) < 4.78 is 0. The Kier molecular flexibility index (Phi) is 4.37. The number of carbonyl (C=O) groups is 1. The molecule has 3 nitrogen and oxygen atoms in total. The van der Waals surface area contributed by atoms with Crippen molar-refractivity contribution in [1.82, 2.24) is 10.2 Å². The predicted molar refractivity (Wildman–Crippen MR) is 73.8 cm³/mol. The molecule has 0 spiro atoms. The summed E-state index contributed by atoms with van der Waals surface area (Å²) in [6.07, 6.45) is 3.32. The molecule has 1 N–H and O–H groups in total. The molecule has 0 aromatic heterocycles. The third-order valence-corrected chi connectivity index (χ3v) is 3.74. The number of amides is 1. The number of rotatable bonds is 4. The van der Waals surface area contributed by atoms with Crippen LogP contribution in [0.1, 0.15) is 35.2 Å². The lowest BCUT2D eigenvalue weighted by atomic mass is 10.1. The number of aryl methyl sites for hydroxylation is 1. The topological polar surface area (TPSA) is 32.3 Å². The van der Waals surface area contributed by atoms with Gasteiger partial charge in [0, 0.05) is 18.2 Å². The van der Waals surface area contributed by atoms with E-state index in [9.17, 15) is 4.79 Å². The SMILES string of the molecule is CNCCC1CCCN1C(=O)c1ccccc1C. The molecule has 1 fully saturated rings. The molecule has 3 heteroatoms. The monoisotopic (exact) mass is 246 g/mol. The van der Waals surface area contributed by atoms with E-state index in [1.807, 2.05) is 38.2 Å². The summed E-state index contributed by atoms with van der Waals surface area (Å²) >= 11 is 0. The van der Waals surface area contributed by atoms with Crippen molar-refractivity contribution in [1.29, 1.82) is 0 Å². The average molecular weight is 246 g/mol. The molecule has 1 amide bonds. The average Bonchev–Trinajstić information content (AvgIpc) is 2.84. The van der Waals surface area contributed by atoms with E-state index in [1.165, 1.54) is 0 Å². The highest BCUT2D eigenvalue weighted by molar-refractivity contribution is 5.96. The second kappa shape index (κ2) is 6.01. The minimum atomic E-state index is 0.201. The number of likely N-dealkylation sites (tertiary alicyclic amines) is 1. The van der Waals surface area contributed by atoms with Crippen LogP contribution in [0.5, 0.6) is 0 Å². The van der Waals surface area contributed by atoms with Gasteiger partial charge in [0.2, 0.25) is 0 Å². The van der Waals surface area contributed by atoms with E-state index in [0.29, 0.717) is 6.04 Å². The molecule has 1 unspecified atom stereocenters. The van der Waals surface area contributed by atoms with Crippen LogP contribution >= 0.6 is 0 Å². The van der Waals surface area contributed by atoms with Crippen LogP contribution < -0.4 is 5.32 Å². The summed E-state index contributed by atoms with van der Waals surface area (Å²) in [5.74, 6) is 0.201. The van der Waals surface area contributed by atoms with Crippen molar-refractivity contribution in [3.05, 3.63) is 35.4 Å². The molecule has 0 radical (unpaired) electrons. The first-order chi connectivity index (χ1) is 8.74. The molecule has 1 aromatic carbocycles. The van der Waals surface area contributed by atoms with Crippen LogP contribution in [0.15, 0.2) is 24.3 Å². The van der Waals surface area contributed by atoms with E-state index in [2.05, 4.69) is 10.2 Å². The fourth-order valence-corrected chi connectivity index (χ4v) is 2.68. The van der Waals surface area contributed by atoms with Gasteiger partial charge in [0.1, 0.15) is 0 Å². The van der Waals surface area contributed by atoms with Gasteiger partial charge in [-0.3, -0.25) is 4.79 Å². The standard InChI is InChI=1S/C15H22N2O/c1-12-6-3-4-8-14(12)15(18)17-11-5-7-13(17)9-10-16-2/h3-4,6,8,13,16H,5,7,9-11H2,1-2H3. The van der Waals surface area contributed by atoms with Gasteiger partial charge in [-0.25, -0.2) is 0 Å². The molecule has 1 heterocycles. The molecule has 0 aliphatic carbocycles. The normalized spacial score (nSPS) is 19.2. The fraction of sp³-hybridized carbons (Fsp3) is 0.533. The van der Waals surface area contributed by atoms with Crippen molar-refractivity contribution in [3.63, 3.8) is 0 Å². The van der Waals surface area contributed by atoms with Crippen LogP contribution in [0.2, 0.25) is 0 Å². The molecular formula is C15H22N2O. The number of hydrogen-bond donors (Lipinski definition) is 1. The minimum absolute atomic E-state index is 0.201. The van der Waals surface area contributed by atoms with Gasteiger partial charge in [-0.15, -0.1) is 0 Å². The predicted octanol–water partition coefficient (Wildman–Crippen LogP) is 2.21. The Morgan fingerprint density at radius 3 is 2.94 bits per heavy atom. The lowest BCUT2D eigenvalue weighted by molar-refractivity contribution is 0.0730. The van der Waals surface area contributed by atoms with Gasteiger partial charge in [-0.2, -0.15) is 0 Å². The third-order valence-electron chi connectivity index (χ3n) is 3.74. The van der Waals surface area contributed by atoms with Gasteiger partial charge in [0.05, 0.1) is 0 Å². The highest BCUT2D eigenvalue weighted by Gasteiger charge is 2.29. The number of nitrogens with zero attached hydrogens (tertiary/aromatic N) is 1. The van der Waals surface area contributed by atoms with Gasteiger partial charge in [0.15, 0.2) is 0 Å². The van der Waals surface area contributed by atoms with Crippen LogP contribution in [0.25, 0.3) is 0 Å². The quantitative estimate of drug-likeness (QED) is 0.883. The molecular weight excluding hydrogens is 224 g/mol. The third kappa shape index (κ3) is 2.72. The van der Waals surface area contributed by atoms with Crippen molar-refractivity contribution in [2.45, 2.75) is 32.2 Å². The van der Waals surface area contributed by atoms with E-state index >= 15 is 0 Å². The number of hydrogen-bond acceptors (Lipinski definition) is 2. The highest BCUT2D eigenvalue weighted by atomic mass is 16.2. The highest BCUT2D eigenvalue weighted by Crippen LogP contribution is 2.23. The lowest BCUT2D eigenvalue weighted by Gasteiger charge is -2.25. The van der Waals surface area contributed by atoms with Crippen molar-refractivity contribution in [3.8, 4) is 0 Å². The van der Waals surface area contributed by atoms with E-state index in [0.717, 1.165) is 43.5 Å². The van der Waals surface area contributed by atoms with Gasteiger partial charge in [0.25, 0.3) is 5.91 Å². The van der Waals surface area contributed by atoms with Crippen LogP contribution in [-0.4, -0.2) is 37.0 Å². The lowest BCUT2D eigenvalue weighted by Crippen LogP contribution is -2.37. The molecule has 1 aliphatic heterocycles. The Morgan fingerprint density at radius 1 is 1.44 bits per heavy atom. The Morgan fingerprint density at radius 2 is 2.22 bits per heavy atom. The van der Waals surface area contributed by atoms with E-state index < -0.39 is 0 Å². The molecule has 1 atom stereocenters. The van der Waals surface area contributed by atoms with Gasteiger partial charge < -0.3 is 10.2 Å². The number of carbonyl (C=O) groups excluding carboxylic acids is 1.